The zero-order valence-electron chi connectivity index (χ0n) is 14.7. The summed E-state index contributed by atoms with van der Waals surface area (Å²) in [4.78, 5) is 0. The fourth-order valence-corrected chi connectivity index (χ4v) is 2.89. The van der Waals surface area contributed by atoms with E-state index in [0.29, 0.717) is 0 Å². The van der Waals surface area contributed by atoms with Crippen LogP contribution in [0.1, 0.15) is 63.0 Å². The van der Waals surface area contributed by atoms with Gasteiger partial charge >= 0.3 is 0 Å². The first kappa shape index (κ1) is 17.6. The number of para-hydroxylation sites is 1. The molecule has 0 atom stereocenters. The van der Waals surface area contributed by atoms with Crippen molar-refractivity contribution in [2.75, 3.05) is 0 Å². The standard InChI is InChI=1S/C22H30O/c1-3-4-5-6-7-8-10-13-20-18-19(2)16-17-22(20)23-21-14-11-9-12-15-21/h9,11-12,14-18H,3-8,10,13H2,1-2H3. The lowest BCUT2D eigenvalue weighted by molar-refractivity contribution is 0.474. The lowest BCUT2D eigenvalue weighted by Gasteiger charge is -2.12. The molecular weight excluding hydrogens is 280 g/mol. The summed E-state index contributed by atoms with van der Waals surface area (Å²) in [5.41, 5.74) is 2.64. The quantitative estimate of drug-likeness (QED) is 0.426. The second-order valence-electron chi connectivity index (χ2n) is 6.40. The second kappa shape index (κ2) is 10.1. The molecule has 0 bridgehead atoms. The normalized spacial score (nSPS) is 10.7. The molecule has 0 radical (unpaired) electrons. The third kappa shape index (κ3) is 6.48. The maximum atomic E-state index is 6.07. The third-order valence-corrected chi connectivity index (χ3v) is 4.24. The van der Waals surface area contributed by atoms with E-state index < -0.39 is 0 Å². The Hall–Kier alpha value is -1.76. The van der Waals surface area contributed by atoms with Crippen LogP contribution in [0.5, 0.6) is 11.5 Å². The van der Waals surface area contributed by atoms with Crippen molar-refractivity contribution in [3.8, 4) is 11.5 Å². The SMILES string of the molecule is CCCCCCCCCc1cc(C)ccc1Oc1ccccc1. The molecule has 0 fully saturated rings. The molecule has 0 unspecified atom stereocenters. The molecule has 0 aromatic heterocycles. The zero-order valence-corrected chi connectivity index (χ0v) is 14.7. The molecule has 1 heteroatoms. The maximum absolute atomic E-state index is 6.07. The minimum atomic E-state index is 0.914. The minimum Gasteiger partial charge on any atom is -0.457 e. The van der Waals surface area contributed by atoms with Crippen molar-refractivity contribution < 1.29 is 4.74 Å². The number of benzene rings is 2. The van der Waals surface area contributed by atoms with Gasteiger partial charge in [-0.25, -0.2) is 0 Å². The summed E-state index contributed by atoms with van der Waals surface area (Å²) in [6, 6.07) is 16.6. The van der Waals surface area contributed by atoms with Crippen LogP contribution in [0.25, 0.3) is 0 Å². The van der Waals surface area contributed by atoms with Crippen LogP contribution < -0.4 is 4.74 Å². The van der Waals surface area contributed by atoms with E-state index in [1.165, 1.54) is 56.1 Å². The van der Waals surface area contributed by atoms with E-state index in [-0.39, 0.29) is 0 Å². The highest BCUT2D eigenvalue weighted by Gasteiger charge is 2.05. The van der Waals surface area contributed by atoms with Crippen LogP contribution in [-0.2, 0) is 6.42 Å². The van der Waals surface area contributed by atoms with E-state index in [0.717, 1.165) is 17.9 Å². The van der Waals surface area contributed by atoms with Crippen molar-refractivity contribution in [3.63, 3.8) is 0 Å². The summed E-state index contributed by atoms with van der Waals surface area (Å²) >= 11 is 0. The van der Waals surface area contributed by atoms with Crippen molar-refractivity contribution in [2.24, 2.45) is 0 Å². The molecule has 0 spiro atoms. The van der Waals surface area contributed by atoms with Crippen molar-refractivity contribution in [3.05, 3.63) is 59.7 Å². The number of hydrogen-bond donors (Lipinski definition) is 0. The van der Waals surface area contributed by atoms with Gasteiger partial charge in [-0.15, -0.1) is 0 Å². The van der Waals surface area contributed by atoms with Gasteiger partial charge in [-0.3, -0.25) is 0 Å². The number of unbranched alkanes of at least 4 members (excludes halogenated alkanes) is 6. The first-order valence-corrected chi connectivity index (χ1v) is 9.12. The highest BCUT2D eigenvalue weighted by atomic mass is 16.5. The van der Waals surface area contributed by atoms with Gasteiger partial charge < -0.3 is 4.74 Å². The fraction of sp³-hybridized carbons (Fsp3) is 0.455. The Morgan fingerprint density at radius 1 is 0.783 bits per heavy atom. The molecule has 0 aliphatic rings. The Labute approximate surface area is 141 Å². The smallest absolute Gasteiger partial charge is 0.130 e. The molecule has 124 valence electrons. The van der Waals surface area contributed by atoms with Crippen LogP contribution in [0.3, 0.4) is 0 Å². The van der Waals surface area contributed by atoms with Gasteiger partial charge in [0.2, 0.25) is 0 Å². The molecule has 1 nitrogen and oxygen atoms in total. The van der Waals surface area contributed by atoms with Gasteiger partial charge in [0.05, 0.1) is 0 Å². The predicted octanol–water partition coefficient (Wildman–Crippen LogP) is 7.08. The highest BCUT2D eigenvalue weighted by Crippen LogP contribution is 2.27. The number of aryl methyl sites for hydroxylation is 2. The van der Waals surface area contributed by atoms with Gasteiger partial charge in [0.25, 0.3) is 0 Å². The van der Waals surface area contributed by atoms with E-state index in [4.69, 9.17) is 4.74 Å². The number of ether oxygens (including phenoxy) is 1. The van der Waals surface area contributed by atoms with Crippen LogP contribution in [0.4, 0.5) is 0 Å². The van der Waals surface area contributed by atoms with Gasteiger partial charge in [0, 0.05) is 0 Å². The van der Waals surface area contributed by atoms with Gasteiger partial charge in [-0.2, -0.15) is 0 Å². The highest BCUT2D eigenvalue weighted by molar-refractivity contribution is 5.40. The molecule has 0 saturated heterocycles. The van der Waals surface area contributed by atoms with Gasteiger partial charge in [0.15, 0.2) is 0 Å². The summed E-state index contributed by atoms with van der Waals surface area (Å²) in [6.07, 6.45) is 10.5. The van der Waals surface area contributed by atoms with Crippen LogP contribution in [0, 0.1) is 6.92 Å². The number of hydrogen-bond acceptors (Lipinski definition) is 1. The van der Waals surface area contributed by atoms with Crippen molar-refractivity contribution in [1.29, 1.82) is 0 Å². The summed E-state index contributed by atoms with van der Waals surface area (Å²) in [6.45, 7) is 4.42. The molecule has 0 N–H and O–H groups in total. The Bertz CT molecular complexity index is 559. The Kier molecular flexibility index (Phi) is 7.72. The van der Waals surface area contributed by atoms with Crippen molar-refractivity contribution >= 4 is 0 Å². The number of rotatable bonds is 10. The zero-order chi connectivity index (χ0) is 16.3. The molecule has 0 saturated carbocycles. The summed E-state index contributed by atoms with van der Waals surface area (Å²) in [7, 11) is 0. The molecule has 0 heterocycles. The van der Waals surface area contributed by atoms with E-state index in [9.17, 15) is 0 Å². The predicted molar refractivity (Wildman–Crippen MR) is 99.4 cm³/mol. The lowest BCUT2D eigenvalue weighted by Crippen LogP contribution is -1.94. The first-order chi connectivity index (χ1) is 11.3. The van der Waals surface area contributed by atoms with E-state index >= 15 is 0 Å². The van der Waals surface area contributed by atoms with Gasteiger partial charge in [0.1, 0.15) is 11.5 Å². The van der Waals surface area contributed by atoms with Crippen LogP contribution >= 0.6 is 0 Å². The Morgan fingerprint density at radius 2 is 1.48 bits per heavy atom. The first-order valence-electron chi connectivity index (χ1n) is 9.12. The van der Waals surface area contributed by atoms with Crippen LogP contribution in [-0.4, -0.2) is 0 Å². The van der Waals surface area contributed by atoms with Gasteiger partial charge in [-0.05, 0) is 43.5 Å². The molecule has 2 rings (SSSR count). The summed E-state index contributed by atoms with van der Waals surface area (Å²) in [5, 5.41) is 0. The third-order valence-electron chi connectivity index (χ3n) is 4.24. The topological polar surface area (TPSA) is 9.23 Å². The molecule has 0 amide bonds. The largest absolute Gasteiger partial charge is 0.457 e. The molecular formula is C22H30O. The molecule has 0 aliphatic heterocycles. The molecule has 23 heavy (non-hydrogen) atoms. The summed E-state index contributed by atoms with van der Waals surface area (Å²) < 4.78 is 6.07. The van der Waals surface area contributed by atoms with Crippen molar-refractivity contribution in [2.45, 2.75) is 65.2 Å². The molecule has 0 aliphatic carbocycles. The van der Waals surface area contributed by atoms with E-state index in [1.54, 1.807) is 0 Å². The Balaban J connectivity index is 1.86. The van der Waals surface area contributed by atoms with Crippen molar-refractivity contribution in [1.82, 2.24) is 0 Å². The van der Waals surface area contributed by atoms with E-state index in [2.05, 4.69) is 32.0 Å². The summed E-state index contributed by atoms with van der Waals surface area (Å²) in [5.74, 6) is 1.92. The Morgan fingerprint density at radius 3 is 2.22 bits per heavy atom. The fourth-order valence-electron chi connectivity index (χ4n) is 2.89. The minimum absolute atomic E-state index is 0.914. The van der Waals surface area contributed by atoms with Crippen LogP contribution in [0.15, 0.2) is 48.5 Å². The average Bonchev–Trinajstić information content (AvgIpc) is 2.57. The lowest BCUT2D eigenvalue weighted by atomic mass is 10.0. The van der Waals surface area contributed by atoms with E-state index in [1.807, 2.05) is 30.3 Å². The molecule has 2 aromatic rings. The monoisotopic (exact) mass is 310 g/mol. The maximum Gasteiger partial charge on any atom is 0.130 e. The second-order valence-corrected chi connectivity index (χ2v) is 6.40. The van der Waals surface area contributed by atoms with Gasteiger partial charge in [-0.1, -0.05) is 81.3 Å². The molecule has 2 aromatic carbocycles. The van der Waals surface area contributed by atoms with Crippen LogP contribution in [0.2, 0.25) is 0 Å². The average molecular weight is 310 g/mol.